The summed E-state index contributed by atoms with van der Waals surface area (Å²) in [7, 11) is 1.62. The Bertz CT molecular complexity index is 432. The molecule has 18 heavy (non-hydrogen) atoms. The first kappa shape index (κ1) is 14.8. The Morgan fingerprint density at radius 1 is 1.44 bits per heavy atom. The van der Waals surface area contributed by atoms with Crippen molar-refractivity contribution in [1.82, 2.24) is 0 Å². The van der Waals surface area contributed by atoms with Crippen LogP contribution in [-0.2, 0) is 9.47 Å². The van der Waals surface area contributed by atoms with Crippen LogP contribution in [0.25, 0.3) is 0 Å². The minimum atomic E-state index is -0.470. The second-order valence-corrected chi connectivity index (χ2v) is 5.02. The molecule has 4 nitrogen and oxygen atoms in total. The number of carbonyl (C=O) groups excluding carboxylic acids is 1. The number of benzene rings is 1. The average Bonchev–Trinajstić information content (AvgIpc) is 2.32. The smallest absolute Gasteiger partial charge is 0.340 e. The van der Waals surface area contributed by atoms with Gasteiger partial charge in [0.1, 0.15) is 0 Å². The quantitative estimate of drug-likeness (QED) is 0.661. The molecule has 1 aromatic carbocycles. The number of carbonyl (C=O) groups is 1. The monoisotopic (exact) mass is 271 g/mol. The van der Waals surface area contributed by atoms with Gasteiger partial charge in [0.15, 0.2) is 0 Å². The number of ether oxygens (including phenoxy) is 2. The van der Waals surface area contributed by atoms with Gasteiger partial charge in [0.2, 0.25) is 0 Å². The lowest BCUT2D eigenvalue weighted by Gasteiger charge is -2.22. The molecule has 100 valence electrons. The number of halogens is 1. The van der Waals surface area contributed by atoms with E-state index in [4.69, 9.17) is 26.8 Å². The predicted octanol–water partition coefficient (Wildman–Crippen LogP) is 2.89. The molecular weight excluding hydrogens is 254 g/mol. The molecule has 0 unspecified atom stereocenters. The van der Waals surface area contributed by atoms with Gasteiger partial charge in [-0.1, -0.05) is 11.6 Å². The van der Waals surface area contributed by atoms with E-state index in [0.717, 1.165) is 0 Å². The van der Waals surface area contributed by atoms with Crippen LogP contribution in [0.3, 0.4) is 0 Å². The second-order valence-electron chi connectivity index (χ2n) is 4.58. The van der Waals surface area contributed by atoms with E-state index in [1.165, 1.54) is 6.07 Å². The summed E-state index contributed by atoms with van der Waals surface area (Å²) >= 11 is 5.81. The molecule has 0 aliphatic rings. The number of hydrogen-bond acceptors (Lipinski definition) is 4. The first-order valence-corrected chi connectivity index (χ1v) is 6.01. The van der Waals surface area contributed by atoms with E-state index in [2.05, 4.69) is 0 Å². The molecule has 0 heterocycles. The molecule has 2 N–H and O–H groups in total. The molecule has 1 rings (SSSR count). The molecule has 0 aliphatic heterocycles. The number of rotatable bonds is 5. The molecule has 0 fully saturated rings. The number of nitrogen functional groups attached to an aromatic ring is 1. The van der Waals surface area contributed by atoms with Crippen molar-refractivity contribution >= 4 is 23.3 Å². The van der Waals surface area contributed by atoms with Gasteiger partial charge in [0, 0.05) is 24.2 Å². The van der Waals surface area contributed by atoms with Crippen LogP contribution in [0.15, 0.2) is 18.2 Å². The summed E-state index contributed by atoms with van der Waals surface area (Å²) in [4.78, 5) is 11.8. The van der Waals surface area contributed by atoms with E-state index in [1.807, 2.05) is 13.8 Å². The summed E-state index contributed by atoms with van der Waals surface area (Å²) in [6, 6.07) is 4.71. The van der Waals surface area contributed by atoms with E-state index >= 15 is 0 Å². The SMILES string of the molecule is COC(C)(C)CCOC(=O)c1cc(Cl)ccc1N. The Balaban J connectivity index is 2.58. The fraction of sp³-hybridized carbons (Fsp3) is 0.462. The molecule has 0 amide bonds. The zero-order chi connectivity index (χ0) is 13.8. The van der Waals surface area contributed by atoms with Crippen LogP contribution in [0, 0.1) is 0 Å². The van der Waals surface area contributed by atoms with Crippen LogP contribution in [-0.4, -0.2) is 25.3 Å². The minimum Gasteiger partial charge on any atom is -0.462 e. The Morgan fingerprint density at radius 2 is 2.11 bits per heavy atom. The van der Waals surface area contributed by atoms with Crippen molar-refractivity contribution in [1.29, 1.82) is 0 Å². The van der Waals surface area contributed by atoms with Crippen LogP contribution in [0.5, 0.6) is 0 Å². The van der Waals surface area contributed by atoms with Gasteiger partial charge in [-0.3, -0.25) is 0 Å². The minimum absolute atomic E-state index is 0.269. The number of methoxy groups -OCH3 is 1. The summed E-state index contributed by atoms with van der Waals surface area (Å²) in [5.74, 6) is -0.470. The topological polar surface area (TPSA) is 61.5 Å². The number of nitrogens with two attached hydrogens (primary N) is 1. The van der Waals surface area contributed by atoms with Crippen molar-refractivity contribution < 1.29 is 14.3 Å². The molecule has 0 aliphatic carbocycles. The van der Waals surface area contributed by atoms with Crippen LogP contribution in [0.4, 0.5) is 5.69 Å². The molecule has 0 aromatic heterocycles. The van der Waals surface area contributed by atoms with E-state index in [-0.39, 0.29) is 17.8 Å². The molecule has 5 heteroatoms. The number of esters is 1. The maximum absolute atomic E-state index is 11.8. The van der Waals surface area contributed by atoms with Crippen molar-refractivity contribution in [3.05, 3.63) is 28.8 Å². The Morgan fingerprint density at radius 3 is 2.72 bits per heavy atom. The van der Waals surface area contributed by atoms with Gasteiger partial charge in [-0.2, -0.15) is 0 Å². The fourth-order valence-corrected chi connectivity index (χ4v) is 1.45. The molecular formula is C13H18ClNO3. The number of hydrogen-bond donors (Lipinski definition) is 1. The lowest BCUT2D eigenvalue weighted by molar-refractivity contribution is -0.00559. The summed E-state index contributed by atoms with van der Waals surface area (Å²) in [5.41, 5.74) is 6.02. The Kier molecular flexibility index (Phi) is 4.99. The summed E-state index contributed by atoms with van der Waals surface area (Å²) in [6.07, 6.45) is 0.607. The summed E-state index contributed by atoms with van der Waals surface area (Å²) in [6.45, 7) is 4.12. The van der Waals surface area contributed by atoms with Crippen molar-refractivity contribution in [2.24, 2.45) is 0 Å². The molecule has 0 atom stereocenters. The second kappa shape index (κ2) is 6.07. The lowest BCUT2D eigenvalue weighted by Crippen LogP contribution is -2.25. The zero-order valence-corrected chi connectivity index (χ0v) is 11.6. The molecule has 0 saturated heterocycles. The van der Waals surface area contributed by atoms with Gasteiger partial charge in [-0.15, -0.1) is 0 Å². The molecule has 0 spiro atoms. The molecule has 1 aromatic rings. The molecule has 0 radical (unpaired) electrons. The van der Waals surface area contributed by atoms with E-state index in [9.17, 15) is 4.79 Å². The van der Waals surface area contributed by atoms with Gasteiger partial charge < -0.3 is 15.2 Å². The number of anilines is 1. The van der Waals surface area contributed by atoms with Gasteiger partial charge in [0.05, 0.1) is 17.8 Å². The van der Waals surface area contributed by atoms with E-state index in [1.54, 1.807) is 19.2 Å². The van der Waals surface area contributed by atoms with E-state index < -0.39 is 5.97 Å². The van der Waals surface area contributed by atoms with Gasteiger partial charge >= 0.3 is 5.97 Å². The zero-order valence-electron chi connectivity index (χ0n) is 10.8. The summed E-state index contributed by atoms with van der Waals surface area (Å²) < 4.78 is 10.4. The normalized spacial score (nSPS) is 11.3. The molecule has 0 bridgehead atoms. The predicted molar refractivity (Wildman–Crippen MR) is 71.9 cm³/mol. The Hall–Kier alpha value is -1.26. The highest BCUT2D eigenvalue weighted by Crippen LogP contribution is 2.19. The maximum atomic E-state index is 11.8. The first-order chi connectivity index (χ1) is 8.35. The standard InChI is InChI=1S/C13H18ClNO3/c1-13(2,17-3)6-7-18-12(16)10-8-9(14)4-5-11(10)15/h4-5,8H,6-7,15H2,1-3H3. The van der Waals surface area contributed by atoms with Crippen molar-refractivity contribution in [3.8, 4) is 0 Å². The van der Waals surface area contributed by atoms with Gasteiger partial charge in [-0.05, 0) is 32.0 Å². The first-order valence-electron chi connectivity index (χ1n) is 5.63. The van der Waals surface area contributed by atoms with Crippen LogP contribution in [0.1, 0.15) is 30.6 Å². The maximum Gasteiger partial charge on any atom is 0.340 e. The van der Waals surface area contributed by atoms with E-state index in [0.29, 0.717) is 17.1 Å². The third-order valence-electron chi connectivity index (χ3n) is 2.73. The highest BCUT2D eigenvalue weighted by molar-refractivity contribution is 6.31. The third-order valence-corrected chi connectivity index (χ3v) is 2.96. The Labute approximate surface area is 112 Å². The highest BCUT2D eigenvalue weighted by atomic mass is 35.5. The lowest BCUT2D eigenvalue weighted by atomic mass is 10.1. The van der Waals surface area contributed by atoms with Crippen LogP contribution >= 0.6 is 11.6 Å². The van der Waals surface area contributed by atoms with Crippen molar-refractivity contribution in [2.75, 3.05) is 19.5 Å². The average molecular weight is 272 g/mol. The van der Waals surface area contributed by atoms with Gasteiger partial charge in [0.25, 0.3) is 0 Å². The van der Waals surface area contributed by atoms with Crippen LogP contribution in [0.2, 0.25) is 5.02 Å². The van der Waals surface area contributed by atoms with Crippen LogP contribution < -0.4 is 5.73 Å². The summed E-state index contributed by atoms with van der Waals surface area (Å²) in [5, 5.41) is 0.452. The van der Waals surface area contributed by atoms with Crippen molar-refractivity contribution in [2.45, 2.75) is 25.9 Å². The van der Waals surface area contributed by atoms with Gasteiger partial charge in [-0.25, -0.2) is 4.79 Å². The largest absolute Gasteiger partial charge is 0.462 e. The molecule has 0 saturated carbocycles. The van der Waals surface area contributed by atoms with Crippen molar-refractivity contribution in [3.63, 3.8) is 0 Å². The highest BCUT2D eigenvalue weighted by Gasteiger charge is 2.18. The fourth-order valence-electron chi connectivity index (χ4n) is 1.27. The third kappa shape index (κ3) is 4.20.